The van der Waals surface area contributed by atoms with Gasteiger partial charge in [0.1, 0.15) is 7.85 Å². The van der Waals surface area contributed by atoms with Gasteiger partial charge in [-0.2, -0.15) is 0 Å². The van der Waals surface area contributed by atoms with Gasteiger partial charge >= 0.3 is 0 Å². The summed E-state index contributed by atoms with van der Waals surface area (Å²) in [5.74, 6) is 0.663. The summed E-state index contributed by atoms with van der Waals surface area (Å²) in [6.07, 6.45) is 4.81. The monoisotopic (exact) mass is 170 g/mol. The second kappa shape index (κ2) is 5.60. The highest BCUT2D eigenvalue weighted by Crippen LogP contribution is 2.14. The zero-order valence-electron chi connectivity index (χ0n) is 8.21. The highest BCUT2D eigenvalue weighted by molar-refractivity contribution is 6.08. The molecule has 2 atom stereocenters. The maximum Gasteiger partial charge on any atom is 0.157 e. The first-order chi connectivity index (χ1) is 5.83. The standard InChI is InChI=1S/C9H19BO2/c1-8(6-10)7-12-9-4-2-3-5-11-9/h8-9H,2-7,10H2,1H3. The van der Waals surface area contributed by atoms with E-state index in [0.717, 1.165) is 19.6 Å². The van der Waals surface area contributed by atoms with E-state index < -0.39 is 0 Å². The molecule has 0 saturated carbocycles. The van der Waals surface area contributed by atoms with E-state index in [9.17, 15) is 0 Å². The van der Waals surface area contributed by atoms with Crippen LogP contribution in [0, 0.1) is 5.92 Å². The van der Waals surface area contributed by atoms with E-state index in [-0.39, 0.29) is 6.29 Å². The third kappa shape index (κ3) is 3.59. The van der Waals surface area contributed by atoms with Crippen LogP contribution in [0.15, 0.2) is 0 Å². The first-order valence-corrected chi connectivity index (χ1v) is 5.06. The molecule has 1 aliphatic heterocycles. The largest absolute Gasteiger partial charge is 0.353 e. The lowest BCUT2D eigenvalue weighted by molar-refractivity contribution is -0.167. The molecule has 3 heteroatoms. The van der Waals surface area contributed by atoms with E-state index in [1.54, 1.807) is 0 Å². The topological polar surface area (TPSA) is 18.5 Å². The van der Waals surface area contributed by atoms with Gasteiger partial charge in [0.15, 0.2) is 6.29 Å². The van der Waals surface area contributed by atoms with Gasteiger partial charge in [0.05, 0.1) is 6.61 Å². The van der Waals surface area contributed by atoms with E-state index in [1.807, 2.05) is 0 Å². The van der Waals surface area contributed by atoms with Crippen molar-refractivity contribution >= 4 is 7.85 Å². The Labute approximate surface area is 76.0 Å². The zero-order chi connectivity index (χ0) is 8.81. The summed E-state index contributed by atoms with van der Waals surface area (Å²) in [5, 5.41) is 0. The Morgan fingerprint density at radius 2 is 2.42 bits per heavy atom. The van der Waals surface area contributed by atoms with Crippen molar-refractivity contribution in [3.05, 3.63) is 0 Å². The summed E-state index contributed by atoms with van der Waals surface area (Å²) in [6.45, 7) is 3.94. The Hall–Kier alpha value is -0.0151. The van der Waals surface area contributed by atoms with E-state index in [1.165, 1.54) is 19.2 Å². The van der Waals surface area contributed by atoms with Crippen molar-refractivity contribution in [2.24, 2.45) is 5.92 Å². The van der Waals surface area contributed by atoms with E-state index in [2.05, 4.69) is 14.8 Å². The zero-order valence-corrected chi connectivity index (χ0v) is 8.21. The molecule has 0 N–H and O–H groups in total. The molecule has 1 fully saturated rings. The first-order valence-electron chi connectivity index (χ1n) is 5.06. The van der Waals surface area contributed by atoms with Crippen molar-refractivity contribution in [2.45, 2.75) is 38.8 Å². The molecule has 0 aromatic heterocycles. The van der Waals surface area contributed by atoms with Crippen LogP contribution < -0.4 is 0 Å². The fraction of sp³-hybridized carbons (Fsp3) is 1.00. The molecule has 0 amide bonds. The minimum absolute atomic E-state index is 0.0905. The van der Waals surface area contributed by atoms with Gasteiger partial charge in [-0.25, -0.2) is 0 Å². The van der Waals surface area contributed by atoms with Crippen LogP contribution in [0.5, 0.6) is 0 Å². The smallest absolute Gasteiger partial charge is 0.157 e. The van der Waals surface area contributed by atoms with Gasteiger partial charge in [-0.15, -0.1) is 0 Å². The first kappa shape index (κ1) is 10.1. The van der Waals surface area contributed by atoms with Gasteiger partial charge < -0.3 is 9.47 Å². The molecule has 2 unspecified atom stereocenters. The molecule has 0 radical (unpaired) electrons. The molecule has 1 saturated heterocycles. The van der Waals surface area contributed by atoms with Gasteiger partial charge in [0.25, 0.3) is 0 Å². The Morgan fingerprint density at radius 1 is 1.58 bits per heavy atom. The van der Waals surface area contributed by atoms with E-state index in [0.29, 0.717) is 5.92 Å². The molecular formula is C9H19BO2. The number of rotatable bonds is 4. The van der Waals surface area contributed by atoms with Crippen LogP contribution in [-0.4, -0.2) is 27.4 Å². The molecule has 0 aromatic carbocycles. The quantitative estimate of drug-likeness (QED) is 0.590. The van der Waals surface area contributed by atoms with Crippen molar-refractivity contribution in [3.63, 3.8) is 0 Å². The summed E-state index contributed by atoms with van der Waals surface area (Å²) in [5.41, 5.74) is 0. The molecule has 70 valence electrons. The molecule has 0 aliphatic carbocycles. The summed E-state index contributed by atoms with van der Waals surface area (Å²) < 4.78 is 11.1. The van der Waals surface area contributed by atoms with Crippen LogP contribution in [0.4, 0.5) is 0 Å². The van der Waals surface area contributed by atoms with Crippen molar-refractivity contribution in [2.75, 3.05) is 13.2 Å². The Kier molecular flexibility index (Phi) is 4.70. The normalized spacial score (nSPS) is 26.9. The number of hydrogen-bond acceptors (Lipinski definition) is 2. The highest BCUT2D eigenvalue weighted by atomic mass is 16.7. The summed E-state index contributed by atoms with van der Waals surface area (Å²) in [7, 11) is 2.19. The molecule has 0 bridgehead atoms. The van der Waals surface area contributed by atoms with Crippen LogP contribution in [0.2, 0.25) is 6.32 Å². The second-order valence-corrected chi connectivity index (χ2v) is 3.64. The third-order valence-corrected chi connectivity index (χ3v) is 2.40. The summed E-state index contributed by atoms with van der Waals surface area (Å²) in [6, 6.07) is 0. The molecule has 12 heavy (non-hydrogen) atoms. The Morgan fingerprint density at radius 3 is 3.00 bits per heavy atom. The number of ether oxygens (including phenoxy) is 2. The lowest BCUT2D eigenvalue weighted by atomic mass is 9.93. The van der Waals surface area contributed by atoms with Crippen molar-refractivity contribution in [1.29, 1.82) is 0 Å². The number of hydrogen-bond donors (Lipinski definition) is 0. The minimum Gasteiger partial charge on any atom is -0.353 e. The molecule has 1 aliphatic rings. The van der Waals surface area contributed by atoms with Crippen LogP contribution in [0.25, 0.3) is 0 Å². The average molecular weight is 170 g/mol. The van der Waals surface area contributed by atoms with Crippen molar-refractivity contribution in [1.82, 2.24) is 0 Å². The van der Waals surface area contributed by atoms with Crippen LogP contribution >= 0.6 is 0 Å². The molecule has 0 spiro atoms. The van der Waals surface area contributed by atoms with Crippen LogP contribution in [0.1, 0.15) is 26.2 Å². The molecule has 1 heterocycles. The average Bonchev–Trinajstić information content (AvgIpc) is 2.16. The molecule has 1 rings (SSSR count). The van der Waals surface area contributed by atoms with E-state index in [4.69, 9.17) is 9.47 Å². The molecular weight excluding hydrogens is 151 g/mol. The summed E-state index contributed by atoms with van der Waals surface area (Å²) in [4.78, 5) is 0. The Bertz CT molecular complexity index is 113. The second-order valence-electron chi connectivity index (χ2n) is 3.64. The predicted molar refractivity (Wildman–Crippen MR) is 52.1 cm³/mol. The maximum absolute atomic E-state index is 5.61. The molecule has 0 aromatic rings. The maximum atomic E-state index is 5.61. The van der Waals surface area contributed by atoms with Gasteiger partial charge in [-0.1, -0.05) is 13.2 Å². The third-order valence-electron chi connectivity index (χ3n) is 2.40. The summed E-state index contributed by atoms with van der Waals surface area (Å²) >= 11 is 0. The van der Waals surface area contributed by atoms with Crippen LogP contribution in [-0.2, 0) is 9.47 Å². The Balaban J connectivity index is 2.05. The minimum atomic E-state index is 0.0905. The van der Waals surface area contributed by atoms with Crippen LogP contribution in [0.3, 0.4) is 0 Å². The molecule has 2 nitrogen and oxygen atoms in total. The van der Waals surface area contributed by atoms with E-state index >= 15 is 0 Å². The fourth-order valence-corrected chi connectivity index (χ4v) is 1.23. The lowest BCUT2D eigenvalue weighted by Crippen LogP contribution is -2.24. The van der Waals surface area contributed by atoms with Crippen molar-refractivity contribution < 1.29 is 9.47 Å². The predicted octanol–water partition coefficient (Wildman–Crippen LogP) is 1.22. The van der Waals surface area contributed by atoms with Gasteiger partial charge in [0, 0.05) is 6.61 Å². The van der Waals surface area contributed by atoms with Crippen molar-refractivity contribution in [3.8, 4) is 0 Å². The lowest BCUT2D eigenvalue weighted by Gasteiger charge is -2.23. The highest BCUT2D eigenvalue weighted by Gasteiger charge is 2.14. The fourth-order valence-electron chi connectivity index (χ4n) is 1.23. The SMILES string of the molecule is BCC(C)COC1CCCCO1. The van der Waals surface area contributed by atoms with Gasteiger partial charge in [0.2, 0.25) is 0 Å². The van der Waals surface area contributed by atoms with Gasteiger partial charge in [-0.3, -0.25) is 0 Å². The van der Waals surface area contributed by atoms with Gasteiger partial charge in [-0.05, 0) is 25.2 Å².